The predicted molar refractivity (Wildman–Crippen MR) is 121 cm³/mol. The number of aliphatic hydroxyl groups excluding tert-OH is 3. The van der Waals surface area contributed by atoms with Gasteiger partial charge in [0.2, 0.25) is 11.8 Å². The van der Waals surface area contributed by atoms with E-state index in [0.29, 0.717) is 13.0 Å². The summed E-state index contributed by atoms with van der Waals surface area (Å²) >= 11 is 0. The minimum atomic E-state index is -1.75. The van der Waals surface area contributed by atoms with E-state index in [2.05, 4.69) is 21.8 Å². The van der Waals surface area contributed by atoms with Crippen LogP contribution in [0.5, 0.6) is 0 Å². The molecule has 37 heavy (non-hydrogen) atoms. The number of hydrazine groups is 2. The van der Waals surface area contributed by atoms with Gasteiger partial charge in [-0.2, -0.15) is 0 Å². The molecule has 2 rings (SSSR count). The highest BCUT2D eigenvalue weighted by molar-refractivity contribution is 5.75. The first-order chi connectivity index (χ1) is 17.5. The van der Waals surface area contributed by atoms with Crippen molar-refractivity contribution in [2.45, 2.75) is 87.9 Å². The molecule has 10 N–H and O–H groups in total. The van der Waals surface area contributed by atoms with Gasteiger partial charge in [-0.1, -0.05) is 0 Å². The third-order valence-corrected chi connectivity index (χ3v) is 5.92. The Bertz CT molecular complexity index is 763. The summed E-state index contributed by atoms with van der Waals surface area (Å²) in [5.74, 6) is 2.83. The second-order valence-electron chi connectivity index (χ2n) is 8.66. The number of carbonyl (C=O) groups excluding carboxylic acids is 2. The van der Waals surface area contributed by atoms with E-state index in [-0.39, 0.29) is 18.9 Å². The number of aliphatic carboxylic acids is 1. The quantitative estimate of drug-likeness (QED) is 0.0606. The van der Waals surface area contributed by atoms with E-state index in [9.17, 15) is 34.8 Å². The van der Waals surface area contributed by atoms with Gasteiger partial charge in [0.25, 0.3) is 0 Å². The first-order valence-corrected chi connectivity index (χ1v) is 11.6. The van der Waals surface area contributed by atoms with E-state index < -0.39 is 73.0 Å². The first-order valence-electron chi connectivity index (χ1n) is 11.6. The smallest absolute Gasteiger partial charge is 0.335 e. The second kappa shape index (κ2) is 14.8. The van der Waals surface area contributed by atoms with Crippen LogP contribution in [0.25, 0.3) is 0 Å². The van der Waals surface area contributed by atoms with Crippen molar-refractivity contribution in [2.24, 2.45) is 5.84 Å². The lowest BCUT2D eigenvalue weighted by Crippen LogP contribution is -2.67. The number of carboxylic acid groups (broad SMARTS) is 1. The number of hydrogen-bond acceptors (Lipinski definition) is 14. The van der Waals surface area contributed by atoms with Gasteiger partial charge in [-0.05, 0) is 13.3 Å². The average molecular weight is 540 g/mol. The summed E-state index contributed by atoms with van der Waals surface area (Å²) in [6, 6.07) is -0.955. The lowest BCUT2D eigenvalue weighted by molar-refractivity contribution is -0.328. The molecule has 17 nitrogen and oxygen atoms in total. The molecule has 17 heteroatoms. The number of carboxylic acids is 1. The molecule has 2 heterocycles. The Hall–Kier alpha value is -2.03. The van der Waals surface area contributed by atoms with Crippen molar-refractivity contribution < 1.29 is 58.6 Å². The number of methoxy groups -OCH3 is 1. The number of hydrogen-bond donors (Lipinski definition) is 9. The van der Waals surface area contributed by atoms with Gasteiger partial charge in [-0.3, -0.25) is 31.1 Å². The Labute approximate surface area is 212 Å². The van der Waals surface area contributed by atoms with Crippen LogP contribution in [-0.4, -0.2) is 120 Å². The first kappa shape index (κ1) is 31.2. The van der Waals surface area contributed by atoms with Gasteiger partial charge < -0.3 is 44.7 Å². The fourth-order valence-electron chi connectivity index (χ4n) is 4.07. The van der Waals surface area contributed by atoms with E-state index in [0.717, 1.165) is 7.11 Å². The largest absolute Gasteiger partial charge is 0.479 e. The molecule has 0 bridgehead atoms. The number of rotatable bonds is 13. The van der Waals surface area contributed by atoms with E-state index in [1.54, 1.807) is 6.92 Å². The minimum Gasteiger partial charge on any atom is -0.479 e. The van der Waals surface area contributed by atoms with E-state index in [1.807, 2.05) is 0 Å². The molecule has 10 atom stereocenters. The standard InChI is InChI=1S/C20H37N5O12/c1-8-12(23-9(2)26)16(36-20-15(30)14(29)17(33-3)18(37-20)19(31)32)13(28)10(35-8)7-34-25-24-11(27)5-4-6-22-21/h8,10,12-18,20,22,25,28-30H,4-7,21H2,1-3H3,(H,23,26)(H,24,27)(H,31,32)/t8-,10?,12?,13+,14+,15?,16+,17-,18?,20+/m0/s1. The molecule has 2 fully saturated rings. The predicted octanol–water partition coefficient (Wildman–Crippen LogP) is -4.63. The van der Waals surface area contributed by atoms with Crippen molar-refractivity contribution in [1.29, 1.82) is 0 Å². The van der Waals surface area contributed by atoms with Gasteiger partial charge in [0, 0.05) is 27.0 Å². The summed E-state index contributed by atoms with van der Waals surface area (Å²) in [5, 5.41) is 43.9. The molecular weight excluding hydrogens is 502 g/mol. The number of ether oxygens (including phenoxy) is 4. The van der Waals surface area contributed by atoms with Crippen LogP contribution in [0.15, 0.2) is 0 Å². The van der Waals surface area contributed by atoms with Gasteiger partial charge in [0.15, 0.2) is 12.4 Å². The molecule has 0 radical (unpaired) electrons. The maximum absolute atomic E-state index is 11.8. The third-order valence-electron chi connectivity index (χ3n) is 5.92. The van der Waals surface area contributed by atoms with Crippen molar-refractivity contribution in [1.82, 2.24) is 21.8 Å². The van der Waals surface area contributed by atoms with Gasteiger partial charge >= 0.3 is 5.97 Å². The highest BCUT2D eigenvalue weighted by Crippen LogP contribution is 2.30. The Morgan fingerprint density at radius 1 is 1.05 bits per heavy atom. The van der Waals surface area contributed by atoms with Crippen molar-refractivity contribution in [3.63, 3.8) is 0 Å². The zero-order valence-electron chi connectivity index (χ0n) is 20.7. The fourth-order valence-corrected chi connectivity index (χ4v) is 4.07. The van der Waals surface area contributed by atoms with Crippen LogP contribution >= 0.6 is 0 Å². The summed E-state index contributed by atoms with van der Waals surface area (Å²) in [5.41, 5.74) is 6.97. The molecule has 2 aliphatic heterocycles. The van der Waals surface area contributed by atoms with Crippen LogP contribution in [0.2, 0.25) is 0 Å². The number of aliphatic hydroxyl groups is 3. The molecule has 0 aliphatic carbocycles. The molecule has 2 saturated heterocycles. The Balaban J connectivity index is 2.08. The van der Waals surface area contributed by atoms with Crippen LogP contribution in [0.1, 0.15) is 26.7 Å². The summed E-state index contributed by atoms with van der Waals surface area (Å²) in [6.45, 7) is 2.98. The minimum absolute atomic E-state index is 0.172. The fraction of sp³-hybridized carbons (Fsp3) is 0.850. The monoisotopic (exact) mass is 539 g/mol. The molecule has 0 saturated carbocycles. The molecule has 0 aromatic carbocycles. The molecule has 4 unspecified atom stereocenters. The zero-order valence-corrected chi connectivity index (χ0v) is 20.7. The Morgan fingerprint density at radius 2 is 1.76 bits per heavy atom. The van der Waals surface area contributed by atoms with E-state index in [4.69, 9.17) is 29.6 Å². The lowest BCUT2D eigenvalue weighted by Gasteiger charge is -2.47. The topological polar surface area (TPSA) is 252 Å². The van der Waals surface area contributed by atoms with Gasteiger partial charge in [0.05, 0.1) is 18.8 Å². The maximum Gasteiger partial charge on any atom is 0.335 e. The molecule has 0 aromatic rings. The number of carbonyl (C=O) groups is 3. The molecular formula is C20H37N5O12. The number of amides is 2. The van der Waals surface area contributed by atoms with E-state index in [1.165, 1.54) is 6.92 Å². The highest BCUT2D eigenvalue weighted by Gasteiger charge is 2.52. The lowest BCUT2D eigenvalue weighted by atomic mass is 9.92. The zero-order chi connectivity index (χ0) is 27.7. The molecule has 2 amide bonds. The van der Waals surface area contributed by atoms with Crippen molar-refractivity contribution >= 4 is 17.8 Å². The number of nitrogens with one attached hydrogen (secondary N) is 4. The van der Waals surface area contributed by atoms with Gasteiger partial charge in [0.1, 0.15) is 36.6 Å². The summed E-state index contributed by atoms with van der Waals surface area (Å²) in [4.78, 5) is 40.3. The normalized spacial score (nSPS) is 36.1. The third kappa shape index (κ3) is 8.48. The van der Waals surface area contributed by atoms with Gasteiger partial charge in [-0.15, -0.1) is 5.59 Å². The van der Waals surface area contributed by atoms with Gasteiger partial charge in [-0.25, -0.2) is 4.79 Å². The van der Waals surface area contributed by atoms with Crippen molar-refractivity contribution in [3.05, 3.63) is 0 Å². The highest BCUT2D eigenvalue weighted by atomic mass is 16.7. The average Bonchev–Trinajstić information content (AvgIpc) is 2.84. The van der Waals surface area contributed by atoms with Crippen LogP contribution in [0, 0.1) is 0 Å². The Kier molecular flexibility index (Phi) is 12.5. The molecule has 0 spiro atoms. The molecule has 214 valence electrons. The summed E-state index contributed by atoms with van der Waals surface area (Å²) in [7, 11) is 1.15. The van der Waals surface area contributed by atoms with Crippen molar-refractivity contribution in [3.8, 4) is 0 Å². The summed E-state index contributed by atoms with van der Waals surface area (Å²) < 4.78 is 21.8. The van der Waals surface area contributed by atoms with E-state index >= 15 is 0 Å². The SMILES string of the molecule is CO[C@@H]1C(C(=O)O)O[C@@H](O[C@@H]2C(NC(C)=O)[C@H](C)OC(CONNC(=O)CCCNN)[C@H]2O)C(O)[C@H]1O. The molecule has 2 aliphatic rings. The van der Waals surface area contributed by atoms with Crippen LogP contribution in [-0.2, 0) is 38.2 Å². The maximum atomic E-state index is 11.8. The van der Waals surface area contributed by atoms with Crippen LogP contribution in [0.3, 0.4) is 0 Å². The summed E-state index contributed by atoms with van der Waals surface area (Å²) in [6.07, 6.45) is -12.1. The van der Waals surface area contributed by atoms with Crippen LogP contribution in [0.4, 0.5) is 0 Å². The second-order valence-corrected chi connectivity index (χ2v) is 8.66. The van der Waals surface area contributed by atoms with Crippen LogP contribution < -0.4 is 27.6 Å². The van der Waals surface area contributed by atoms with Crippen molar-refractivity contribution in [2.75, 3.05) is 20.3 Å². The Morgan fingerprint density at radius 3 is 2.35 bits per heavy atom. The number of nitrogens with two attached hydrogens (primary N) is 1. The molecule has 0 aromatic heterocycles.